The van der Waals surface area contributed by atoms with E-state index in [1.165, 1.54) is 132 Å². The molecule has 0 N–H and O–H groups in total. The Morgan fingerprint density at radius 1 is 0.375 bits per heavy atom. The van der Waals surface area contributed by atoms with Crippen molar-refractivity contribution in [2.75, 3.05) is 0 Å². The zero-order valence-corrected chi connectivity index (χ0v) is 39.7. The van der Waals surface area contributed by atoms with Crippen LogP contribution in [-0.2, 0) is 6.42 Å². The summed E-state index contributed by atoms with van der Waals surface area (Å²) >= 11 is 0. The summed E-state index contributed by atoms with van der Waals surface area (Å²) in [6, 6.07) is 82.2. The van der Waals surface area contributed by atoms with Gasteiger partial charge in [-0.25, -0.2) is 0 Å². The summed E-state index contributed by atoms with van der Waals surface area (Å²) in [5.41, 5.74) is 17.7. The van der Waals surface area contributed by atoms with E-state index in [0.717, 1.165) is 12.8 Å². The van der Waals surface area contributed by atoms with Crippen LogP contribution in [0.15, 0.2) is 249 Å². The van der Waals surface area contributed by atoms with Gasteiger partial charge in [0.2, 0.25) is 0 Å². The van der Waals surface area contributed by atoms with Crippen LogP contribution in [-0.4, -0.2) is 9.13 Å². The quantitative estimate of drug-likeness (QED) is 0.147. The van der Waals surface area contributed by atoms with Crippen LogP contribution in [0.5, 0.6) is 0 Å². The summed E-state index contributed by atoms with van der Waals surface area (Å²) in [4.78, 5) is 0. The highest BCUT2D eigenvalue weighted by Crippen LogP contribution is 2.47. The molecular formula is C70H48N2. The first kappa shape index (κ1) is 40.9. The zero-order valence-electron chi connectivity index (χ0n) is 39.7. The Morgan fingerprint density at radius 3 is 1.79 bits per heavy atom. The molecular weight excluding hydrogens is 869 g/mol. The number of benzene rings is 11. The molecule has 0 spiro atoms. The van der Waals surface area contributed by atoms with Gasteiger partial charge in [-0.15, -0.1) is 0 Å². The van der Waals surface area contributed by atoms with Crippen molar-refractivity contribution in [1.29, 1.82) is 0 Å². The van der Waals surface area contributed by atoms with Gasteiger partial charge in [-0.3, -0.25) is 0 Å². The Labute approximate surface area is 418 Å². The highest BCUT2D eigenvalue weighted by molar-refractivity contribution is 6.18. The summed E-state index contributed by atoms with van der Waals surface area (Å²) < 4.78 is 5.00. The fourth-order valence-electron chi connectivity index (χ4n) is 12.6. The van der Waals surface area contributed by atoms with E-state index in [9.17, 15) is 0 Å². The third kappa shape index (κ3) is 6.42. The van der Waals surface area contributed by atoms with Gasteiger partial charge in [0.25, 0.3) is 0 Å². The van der Waals surface area contributed by atoms with E-state index < -0.39 is 0 Å². The molecule has 2 aromatic heterocycles. The first-order valence-corrected chi connectivity index (χ1v) is 25.4. The monoisotopic (exact) mass is 916 g/mol. The summed E-state index contributed by atoms with van der Waals surface area (Å²) in [5.74, 6) is 0.234. The maximum absolute atomic E-state index is 2.57. The molecule has 2 atom stereocenters. The summed E-state index contributed by atoms with van der Waals surface area (Å²) in [6.07, 6.45) is 15.8. The molecule has 0 fully saturated rings. The van der Waals surface area contributed by atoms with E-state index >= 15 is 0 Å². The third-order valence-corrected chi connectivity index (χ3v) is 15.9. The predicted molar refractivity (Wildman–Crippen MR) is 306 cm³/mol. The molecule has 0 bridgehead atoms. The number of para-hydroxylation sites is 2. The Kier molecular flexibility index (Phi) is 9.25. The predicted octanol–water partition coefficient (Wildman–Crippen LogP) is 18.8. The second-order valence-corrected chi connectivity index (χ2v) is 19.9. The van der Waals surface area contributed by atoms with Crippen LogP contribution < -0.4 is 0 Å². The molecule has 0 saturated heterocycles. The van der Waals surface area contributed by atoms with Gasteiger partial charge < -0.3 is 9.13 Å². The first-order valence-electron chi connectivity index (χ1n) is 25.4. The van der Waals surface area contributed by atoms with E-state index in [1.807, 2.05) is 0 Å². The van der Waals surface area contributed by atoms with E-state index in [-0.39, 0.29) is 12.0 Å². The molecule has 338 valence electrons. The molecule has 11 aromatic carbocycles. The first-order chi connectivity index (χ1) is 35.7. The molecule has 0 amide bonds. The third-order valence-electron chi connectivity index (χ3n) is 15.9. The van der Waals surface area contributed by atoms with Crippen LogP contribution >= 0.6 is 0 Å². The number of hydrogen-bond donors (Lipinski definition) is 0. The normalized spacial score (nSPS) is 15.5. The highest BCUT2D eigenvalue weighted by atomic mass is 15.0. The van der Waals surface area contributed by atoms with Gasteiger partial charge in [-0.05, 0) is 156 Å². The molecule has 2 heterocycles. The molecule has 2 aliphatic rings. The number of allylic oxidation sites excluding steroid dienone is 5. The van der Waals surface area contributed by atoms with Crippen LogP contribution in [0.4, 0.5) is 0 Å². The maximum atomic E-state index is 2.57. The van der Waals surface area contributed by atoms with Crippen molar-refractivity contribution in [1.82, 2.24) is 9.13 Å². The van der Waals surface area contributed by atoms with Crippen LogP contribution in [0.25, 0.3) is 121 Å². The van der Waals surface area contributed by atoms with Crippen LogP contribution in [0.3, 0.4) is 0 Å². The van der Waals surface area contributed by atoms with Gasteiger partial charge in [0.15, 0.2) is 0 Å². The maximum Gasteiger partial charge on any atom is 0.0566 e. The Hall–Kier alpha value is -8.98. The second kappa shape index (κ2) is 16.3. The summed E-state index contributed by atoms with van der Waals surface area (Å²) in [5, 5.41) is 12.8. The van der Waals surface area contributed by atoms with E-state index in [0.29, 0.717) is 0 Å². The fourth-order valence-corrected chi connectivity index (χ4v) is 12.6. The lowest BCUT2D eigenvalue weighted by Gasteiger charge is -2.24. The average molecular weight is 917 g/mol. The van der Waals surface area contributed by atoms with Crippen molar-refractivity contribution in [2.45, 2.75) is 24.8 Å². The second-order valence-electron chi connectivity index (χ2n) is 19.9. The van der Waals surface area contributed by atoms with Crippen LogP contribution in [0, 0.1) is 0 Å². The number of nitrogens with zero attached hydrogens (tertiary/aromatic N) is 2. The minimum absolute atomic E-state index is 0.234. The Bertz CT molecular complexity index is 4460. The van der Waals surface area contributed by atoms with Crippen molar-refractivity contribution in [3.63, 3.8) is 0 Å². The molecule has 13 aromatic rings. The molecule has 0 aliphatic heterocycles. The van der Waals surface area contributed by atoms with Gasteiger partial charge >= 0.3 is 0 Å². The minimum atomic E-state index is 0.234. The largest absolute Gasteiger partial charge is 0.333 e. The number of aromatic nitrogens is 2. The van der Waals surface area contributed by atoms with Crippen LogP contribution in [0.1, 0.15) is 35.1 Å². The Morgan fingerprint density at radius 2 is 0.986 bits per heavy atom. The van der Waals surface area contributed by atoms with Crippen molar-refractivity contribution in [3.05, 3.63) is 265 Å². The van der Waals surface area contributed by atoms with Crippen molar-refractivity contribution in [3.8, 4) is 39.1 Å². The lowest BCUT2D eigenvalue weighted by Crippen LogP contribution is -2.12. The molecule has 0 radical (unpaired) electrons. The molecule has 2 heteroatoms. The fraction of sp³-hybridized carbons (Fsp3) is 0.0571. The summed E-state index contributed by atoms with van der Waals surface area (Å²) in [7, 11) is 0. The number of fused-ring (bicyclic) bond motifs is 10. The molecule has 2 unspecified atom stereocenters. The molecule has 2 nitrogen and oxygen atoms in total. The van der Waals surface area contributed by atoms with Crippen LogP contribution in [0.2, 0.25) is 0 Å². The summed E-state index contributed by atoms with van der Waals surface area (Å²) in [6.45, 7) is 0. The van der Waals surface area contributed by atoms with Gasteiger partial charge in [-0.1, -0.05) is 194 Å². The number of hydrogen-bond acceptors (Lipinski definition) is 0. The number of rotatable bonds is 6. The van der Waals surface area contributed by atoms with E-state index in [4.69, 9.17) is 0 Å². The van der Waals surface area contributed by atoms with Gasteiger partial charge in [0, 0.05) is 44.2 Å². The molecule has 0 saturated carbocycles. The molecule has 2 aliphatic carbocycles. The van der Waals surface area contributed by atoms with Crippen molar-refractivity contribution < 1.29 is 0 Å². The zero-order chi connectivity index (χ0) is 47.3. The van der Waals surface area contributed by atoms with Crippen molar-refractivity contribution >= 4 is 82.0 Å². The van der Waals surface area contributed by atoms with Gasteiger partial charge in [0.05, 0.1) is 17.1 Å². The lowest BCUT2D eigenvalue weighted by molar-refractivity contribution is 0.635. The smallest absolute Gasteiger partial charge is 0.0566 e. The Balaban J connectivity index is 0.909. The molecule has 15 rings (SSSR count). The standard InChI is InChI=1S/C70H48N2/c1-3-17-47(18-4-1)69-59-35-29-52(54-32-38-68-62(42-54)58-24-12-14-26-66(58)72(68)56-34-28-46-16-8-10-22-50(46)40-56)44-64(59)70(48-19-5-2-6-20-48)60-36-30-51(43-63(60)69)53-31-37-67-61(41-53)57-23-11-13-25-65(57)71(67)55-33-27-45-15-7-9-21-49(45)39-55/h1-19,21-39,41-44,48,56H,20,40H2. The topological polar surface area (TPSA) is 9.86 Å². The van der Waals surface area contributed by atoms with E-state index in [1.54, 1.807) is 0 Å². The van der Waals surface area contributed by atoms with E-state index in [2.05, 4.69) is 264 Å². The SMILES string of the molecule is C1=CCC(c2c3ccc(-c4ccc5c(c4)c4ccccc4n5-c4ccc5ccccc5c4)cc3c(-c3ccccc3)c3ccc(-c4ccc5c(c4)c4ccccc4n5C4C=Cc5ccccc5C4)cc23)C=C1. The van der Waals surface area contributed by atoms with Gasteiger partial charge in [-0.2, -0.15) is 0 Å². The highest BCUT2D eigenvalue weighted by Gasteiger charge is 2.24. The minimum Gasteiger partial charge on any atom is -0.333 e. The van der Waals surface area contributed by atoms with Gasteiger partial charge in [0.1, 0.15) is 0 Å². The lowest BCUT2D eigenvalue weighted by atomic mass is 9.80. The molecule has 72 heavy (non-hydrogen) atoms. The average Bonchev–Trinajstić information content (AvgIpc) is 3.96. The van der Waals surface area contributed by atoms with Crippen molar-refractivity contribution in [2.24, 2.45) is 0 Å².